The van der Waals surface area contributed by atoms with Crippen LogP contribution >= 0.6 is 0 Å². The minimum Gasteiger partial charge on any atom is -0.456 e. The maximum Gasteiger partial charge on any atom is 0.306 e. The van der Waals surface area contributed by atoms with Crippen molar-refractivity contribution in [2.45, 2.75) is 50.7 Å². The summed E-state index contributed by atoms with van der Waals surface area (Å²) in [6.07, 6.45) is 3.05. The van der Waals surface area contributed by atoms with Gasteiger partial charge in [-0.05, 0) is 32.1 Å². The summed E-state index contributed by atoms with van der Waals surface area (Å²) >= 11 is 0. The van der Waals surface area contributed by atoms with E-state index in [1.54, 1.807) is 0 Å². The first-order valence-electron chi connectivity index (χ1n) is 5.59. The van der Waals surface area contributed by atoms with Gasteiger partial charge in [-0.15, -0.1) is 0 Å². The molecule has 15 heavy (non-hydrogen) atoms. The molecule has 2 fully saturated rings. The number of carbonyl (C=O) groups excluding carboxylic acids is 1. The summed E-state index contributed by atoms with van der Waals surface area (Å²) in [6, 6.07) is 0. The zero-order chi connectivity index (χ0) is 11.1. The van der Waals surface area contributed by atoms with Crippen molar-refractivity contribution in [1.29, 1.82) is 0 Å². The van der Waals surface area contributed by atoms with Crippen molar-refractivity contribution in [3.05, 3.63) is 12.2 Å². The van der Waals surface area contributed by atoms with Crippen LogP contribution in [0.3, 0.4) is 0 Å². The van der Waals surface area contributed by atoms with Crippen LogP contribution in [0, 0.1) is 5.92 Å². The average molecular weight is 210 g/mol. The van der Waals surface area contributed by atoms with Crippen molar-refractivity contribution in [3.63, 3.8) is 0 Å². The number of hydrogen-bond donors (Lipinski definition) is 1. The van der Waals surface area contributed by atoms with Crippen molar-refractivity contribution >= 4 is 5.97 Å². The zero-order valence-electron chi connectivity index (χ0n) is 9.16. The monoisotopic (exact) mass is 210 g/mol. The topological polar surface area (TPSA) is 46.5 Å². The van der Waals surface area contributed by atoms with E-state index in [-0.39, 0.29) is 5.97 Å². The Morgan fingerprint density at radius 1 is 1.60 bits per heavy atom. The minimum absolute atomic E-state index is 0.164. The summed E-state index contributed by atoms with van der Waals surface area (Å²) in [5.41, 5.74) is 0.552. The van der Waals surface area contributed by atoms with Gasteiger partial charge >= 0.3 is 5.97 Å². The van der Waals surface area contributed by atoms with Crippen LogP contribution in [0.15, 0.2) is 12.2 Å². The first kappa shape index (κ1) is 10.7. The quantitative estimate of drug-likeness (QED) is 0.530. The maximum absolute atomic E-state index is 11.1. The molecule has 1 saturated heterocycles. The molecule has 0 aromatic heterocycles. The molecule has 2 rings (SSSR count). The van der Waals surface area contributed by atoms with Gasteiger partial charge < -0.3 is 9.84 Å². The van der Waals surface area contributed by atoms with Gasteiger partial charge in [-0.2, -0.15) is 0 Å². The number of aliphatic hydroxyl groups excluding tert-OH is 1. The van der Waals surface area contributed by atoms with Crippen LogP contribution in [0.5, 0.6) is 0 Å². The molecule has 3 atom stereocenters. The molecule has 1 unspecified atom stereocenters. The molecule has 1 aliphatic carbocycles. The predicted molar refractivity (Wildman–Crippen MR) is 56.2 cm³/mol. The van der Waals surface area contributed by atoms with E-state index in [1.807, 2.05) is 6.92 Å². The van der Waals surface area contributed by atoms with Gasteiger partial charge in [-0.25, -0.2) is 0 Å². The molecule has 1 aliphatic heterocycles. The van der Waals surface area contributed by atoms with Crippen LogP contribution in [-0.2, 0) is 9.53 Å². The van der Waals surface area contributed by atoms with Gasteiger partial charge in [0.2, 0.25) is 0 Å². The molecule has 1 spiro atoms. The molecule has 3 nitrogen and oxygen atoms in total. The molecule has 0 radical (unpaired) electrons. The first-order valence-corrected chi connectivity index (χ1v) is 5.59. The summed E-state index contributed by atoms with van der Waals surface area (Å²) in [5, 5.41) is 10.1. The molecule has 0 bridgehead atoms. The second-order valence-electron chi connectivity index (χ2n) is 4.87. The number of esters is 1. The molecule has 84 valence electrons. The van der Waals surface area contributed by atoms with E-state index in [1.165, 1.54) is 0 Å². The lowest BCUT2D eigenvalue weighted by molar-refractivity contribution is -0.165. The Hall–Kier alpha value is -0.830. The SMILES string of the molecule is C=C(C)[C@@H]1CCC2(CCC(=O)O2)[C@H](O)C1. The second kappa shape index (κ2) is 3.63. The van der Waals surface area contributed by atoms with E-state index in [4.69, 9.17) is 4.74 Å². The number of allylic oxidation sites excluding steroid dienone is 1. The van der Waals surface area contributed by atoms with Gasteiger partial charge in [-0.1, -0.05) is 12.2 Å². The molecular formula is C12H18O3. The van der Waals surface area contributed by atoms with Gasteiger partial charge in [0.25, 0.3) is 0 Å². The average Bonchev–Trinajstić information content (AvgIpc) is 2.54. The molecule has 1 heterocycles. The largest absolute Gasteiger partial charge is 0.456 e. The standard InChI is InChI=1S/C12H18O3/c1-8(2)9-3-5-12(10(13)7-9)6-4-11(14)15-12/h9-10,13H,1,3-7H2,2H3/t9-,10-,12?/m1/s1. The van der Waals surface area contributed by atoms with Crippen molar-refractivity contribution in [2.75, 3.05) is 0 Å². The summed E-state index contributed by atoms with van der Waals surface area (Å²) in [5.74, 6) is 0.216. The lowest BCUT2D eigenvalue weighted by Crippen LogP contribution is -2.47. The van der Waals surface area contributed by atoms with Gasteiger partial charge in [0.15, 0.2) is 0 Å². The van der Waals surface area contributed by atoms with E-state index in [9.17, 15) is 9.90 Å². The molecule has 0 aromatic rings. The van der Waals surface area contributed by atoms with Crippen molar-refractivity contribution in [2.24, 2.45) is 5.92 Å². The smallest absolute Gasteiger partial charge is 0.306 e. The Morgan fingerprint density at radius 2 is 2.33 bits per heavy atom. The Kier molecular flexibility index (Phi) is 2.59. The lowest BCUT2D eigenvalue weighted by Gasteiger charge is -2.40. The Morgan fingerprint density at radius 3 is 2.80 bits per heavy atom. The molecule has 0 aromatic carbocycles. The fraction of sp³-hybridized carbons (Fsp3) is 0.750. The molecule has 1 saturated carbocycles. The van der Waals surface area contributed by atoms with Crippen LogP contribution in [0.4, 0.5) is 0 Å². The van der Waals surface area contributed by atoms with Gasteiger partial charge in [-0.3, -0.25) is 4.79 Å². The van der Waals surface area contributed by atoms with Crippen molar-refractivity contribution < 1.29 is 14.6 Å². The normalized spacial score (nSPS) is 40.5. The predicted octanol–water partition coefficient (Wildman–Crippen LogP) is 1.80. The maximum atomic E-state index is 11.1. The molecular weight excluding hydrogens is 192 g/mol. The van der Waals surface area contributed by atoms with Crippen molar-refractivity contribution in [3.8, 4) is 0 Å². The summed E-state index contributed by atoms with van der Waals surface area (Å²) in [6.45, 7) is 5.92. The highest BCUT2D eigenvalue weighted by atomic mass is 16.6. The molecule has 3 heteroatoms. The fourth-order valence-corrected chi connectivity index (χ4v) is 2.69. The number of carbonyl (C=O) groups is 1. The lowest BCUT2D eigenvalue weighted by atomic mass is 9.73. The number of ether oxygens (including phenoxy) is 1. The van der Waals surface area contributed by atoms with Crippen LogP contribution in [0.25, 0.3) is 0 Å². The van der Waals surface area contributed by atoms with E-state index >= 15 is 0 Å². The third-order valence-electron chi connectivity index (χ3n) is 3.80. The summed E-state index contributed by atoms with van der Waals surface area (Å²) in [4.78, 5) is 11.1. The van der Waals surface area contributed by atoms with Gasteiger partial charge in [0.05, 0.1) is 6.10 Å². The van der Waals surface area contributed by atoms with E-state index < -0.39 is 11.7 Å². The highest BCUT2D eigenvalue weighted by Gasteiger charge is 2.49. The van der Waals surface area contributed by atoms with Crippen LogP contribution in [-0.4, -0.2) is 22.8 Å². The van der Waals surface area contributed by atoms with Gasteiger partial charge in [0.1, 0.15) is 5.60 Å². The van der Waals surface area contributed by atoms with E-state index in [2.05, 4.69) is 6.58 Å². The second-order valence-corrected chi connectivity index (χ2v) is 4.87. The Labute approximate surface area is 90.1 Å². The van der Waals surface area contributed by atoms with E-state index in [0.29, 0.717) is 25.2 Å². The molecule has 2 aliphatic rings. The van der Waals surface area contributed by atoms with Crippen LogP contribution < -0.4 is 0 Å². The minimum atomic E-state index is -0.566. The van der Waals surface area contributed by atoms with Crippen molar-refractivity contribution in [1.82, 2.24) is 0 Å². The third-order valence-corrected chi connectivity index (χ3v) is 3.80. The highest BCUT2D eigenvalue weighted by Crippen LogP contribution is 2.43. The zero-order valence-corrected chi connectivity index (χ0v) is 9.16. The summed E-state index contributed by atoms with van der Waals surface area (Å²) < 4.78 is 5.31. The Balaban J connectivity index is 2.07. The first-order chi connectivity index (χ1) is 7.03. The third kappa shape index (κ3) is 1.81. The number of aliphatic hydroxyl groups is 1. The molecule has 1 N–H and O–H groups in total. The van der Waals surface area contributed by atoms with E-state index in [0.717, 1.165) is 18.4 Å². The number of hydrogen-bond acceptors (Lipinski definition) is 3. The van der Waals surface area contributed by atoms with Gasteiger partial charge in [0, 0.05) is 12.8 Å². The highest BCUT2D eigenvalue weighted by molar-refractivity contribution is 5.72. The number of rotatable bonds is 1. The van der Waals surface area contributed by atoms with Crippen LogP contribution in [0.1, 0.15) is 39.0 Å². The van der Waals surface area contributed by atoms with Crippen LogP contribution in [0.2, 0.25) is 0 Å². The molecule has 0 amide bonds. The summed E-state index contributed by atoms with van der Waals surface area (Å²) in [7, 11) is 0. The fourth-order valence-electron chi connectivity index (χ4n) is 2.69. The Bertz CT molecular complexity index is 297.